The third kappa shape index (κ3) is 3.75. The Kier molecular flexibility index (Phi) is 5.64. The molecule has 26 heavy (non-hydrogen) atoms. The van der Waals surface area contributed by atoms with Gasteiger partial charge in [-0.1, -0.05) is 24.3 Å². The van der Waals surface area contributed by atoms with Crippen LogP contribution in [0, 0.1) is 0 Å². The number of ether oxygens (including phenoxy) is 2. The number of phenolic OH excluding ortho intramolecular Hbond substituents is 1. The van der Waals surface area contributed by atoms with Crippen LogP contribution in [0.1, 0.15) is 13.8 Å². The molecule has 0 saturated heterocycles. The first-order chi connectivity index (χ1) is 12.7. The van der Waals surface area contributed by atoms with Gasteiger partial charge in [-0.25, -0.2) is 0 Å². The highest BCUT2D eigenvalue weighted by atomic mass is 16.5. The van der Waals surface area contributed by atoms with Crippen molar-refractivity contribution in [3.05, 3.63) is 72.8 Å². The smallest absolute Gasteiger partial charge is 0.143 e. The Morgan fingerprint density at radius 3 is 1.62 bits per heavy atom. The lowest BCUT2D eigenvalue weighted by Crippen LogP contribution is -2.13. The monoisotopic (exact) mass is 349 g/mol. The second-order valence-corrected chi connectivity index (χ2v) is 5.65. The number of aromatic hydroxyl groups is 1. The zero-order chi connectivity index (χ0) is 18.4. The molecule has 0 amide bonds. The lowest BCUT2D eigenvalue weighted by Gasteiger charge is -2.28. The van der Waals surface area contributed by atoms with E-state index in [2.05, 4.69) is 4.90 Å². The summed E-state index contributed by atoms with van der Waals surface area (Å²) < 4.78 is 11.7. The Balaban J connectivity index is 2.20. The van der Waals surface area contributed by atoms with Crippen molar-refractivity contribution in [3.63, 3.8) is 0 Å². The fourth-order valence-corrected chi connectivity index (χ4v) is 2.85. The van der Waals surface area contributed by atoms with Crippen molar-refractivity contribution in [2.24, 2.45) is 0 Å². The van der Waals surface area contributed by atoms with Crippen LogP contribution in [-0.2, 0) is 0 Å². The van der Waals surface area contributed by atoms with E-state index < -0.39 is 0 Å². The standard InChI is InChI=1S/C22H23NO3/c1-3-25-21-11-7-5-9-19(21)23(17-13-15-18(24)16-14-17)20-10-6-8-12-22(20)26-4-2/h5-16,24H,3-4H2,1-2H3. The van der Waals surface area contributed by atoms with Gasteiger partial charge < -0.3 is 19.5 Å². The van der Waals surface area contributed by atoms with Gasteiger partial charge in [-0.2, -0.15) is 0 Å². The van der Waals surface area contributed by atoms with E-state index in [4.69, 9.17) is 9.47 Å². The fourth-order valence-electron chi connectivity index (χ4n) is 2.85. The van der Waals surface area contributed by atoms with Crippen LogP contribution in [0.2, 0.25) is 0 Å². The summed E-state index contributed by atoms with van der Waals surface area (Å²) in [6.07, 6.45) is 0. The maximum Gasteiger partial charge on any atom is 0.143 e. The maximum absolute atomic E-state index is 9.69. The van der Waals surface area contributed by atoms with Gasteiger partial charge in [0.2, 0.25) is 0 Å². The molecule has 0 fully saturated rings. The van der Waals surface area contributed by atoms with E-state index in [0.717, 1.165) is 28.6 Å². The minimum absolute atomic E-state index is 0.227. The summed E-state index contributed by atoms with van der Waals surface area (Å²) in [5.41, 5.74) is 2.72. The van der Waals surface area contributed by atoms with Crippen molar-refractivity contribution < 1.29 is 14.6 Å². The van der Waals surface area contributed by atoms with Crippen LogP contribution in [0.3, 0.4) is 0 Å². The van der Waals surface area contributed by atoms with E-state index >= 15 is 0 Å². The number of anilines is 3. The molecule has 0 saturated carbocycles. The summed E-state index contributed by atoms with van der Waals surface area (Å²) in [7, 11) is 0. The van der Waals surface area contributed by atoms with Crippen molar-refractivity contribution in [2.45, 2.75) is 13.8 Å². The molecular formula is C22H23NO3. The molecule has 0 heterocycles. The first kappa shape index (κ1) is 17.7. The molecule has 0 atom stereocenters. The SMILES string of the molecule is CCOc1ccccc1N(c1ccc(O)cc1)c1ccccc1OCC. The summed E-state index contributed by atoms with van der Waals surface area (Å²) in [5.74, 6) is 1.80. The van der Waals surface area contributed by atoms with Gasteiger partial charge >= 0.3 is 0 Å². The third-order valence-electron chi connectivity index (χ3n) is 3.92. The summed E-state index contributed by atoms with van der Waals surface area (Å²) in [5, 5.41) is 9.69. The average Bonchev–Trinajstić information content (AvgIpc) is 2.67. The van der Waals surface area contributed by atoms with Gasteiger partial charge in [-0.15, -0.1) is 0 Å². The first-order valence-electron chi connectivity index (χ1n) is 8.77. The molecular weight excluding hydrogens is 326 g/mol. The number of hydrogen-bond donors (Lipinski definition) is 1. The second kappa shape index (κ2) is 8.30. The van der Waals surface area contributed by atoms with Crippen LogP contribution in [0.15, 0.2) is 72.8 Å². The number of nitrogens with zero attached hydrogens (tertiary/aromatic N) is 1. The quantitative estimate of drug-likeness (QED) is 0.598. The molecule has 4 heteroatoms. The lowest BCUT2D eigenvalue weighted by atomic mass is 10.1. The molecule has 134 valence electrons. The van der Waals surface area contributed by atoms with E-state index in [1.807, 2.05) is 74.5 Å². The van der Waals surface area contributed by atoms with Crippen molar-refractivity contribution in [1.82, 2.24) is 0 Å². The highest BCUT2D eigenvalue weighted by Gasteiger charge is 2.19. The molecule has 0 aliphatic carbocycles. The highest BCUT2D eigenvalue weighted by molar-refractivity contribution is 5.83. The molecule has 1 N–H and O–H groups in total. The summed E-state index contributed by atoms with van der Waals surface area (Å²) in [6.45, 7) is 5.09. The molecule has 0 aliphatic heterocycles. The topological polar surface area (TPSA) is 41.9 Å². The molecule has 0 bridgehead atoms. The summed E-state index contributed by atoms with van der Waals surface area (Å²) in [6, 6.07) is 22.9. The van der Waals surface area contributed by atoms with Crippen molar-refractivity contribution in [3.8, 4) is 17.2 Å². The van der Waals surface area contributed by atoms with Gasteiger partial charge in [0, 0.05) is 5.69 Å². The second-order valence-electron chi connectivity index (χ2n) is 5.65. The van der Waals surface area contributed by atoms with Gasteiger partial charge in [-0.05, 0) is 62.4 Å². The Labute approximate surface area is 154 Å². The average molecular weight is 349 g/mol. The molecule has 0 unspecified atom stereocenters. The van der Waals surface area contributed by atoms with Crippen LogP contribution >= 0.6 is 0 Å². The third-order valence-corrected chi connectivity index (χ3v) is 3.92. The Morgan fingerprint density at radius 2 is 1.15 bits per heavy atom. The number of phenols is 1. The van der Waals surface area contributed by atoms with Gasteiger partial charge in [0.25, 0.3) is 0 Å². The number of rotatable bonds is 7. The Hall–Kier alpha value is -3.14. The van der Waals surface area contributed by atoms with Crippen molar-refractivity contribution >= 4 is 17.1 Å². The molecule has 3 aromatic carbocycles. The van der Waals surface area contributed by atoms with Crippen LogP contribution < -0.4 is 14.4 Å². The minimum Gasteiger partial charge on any atom is -0.508 e. The minimum atomic E-state index is 0.227. The summed E-state index contributed by atoms with van der Waals surface area (Å²) in [4.78, 5) is 2.08. The van der Waals surface area contributed by atoms with Crippen LogP contribution in [0.4, 0.5) is 17.1 Å². The molecule has 3 rings (SSSR count). The van der Waals surface area contributed by atoms with Gasteiger partial charge in [0.15, 0.2) is 0 Å². The van der Waals surface area contributed by atoms with E-state index in [1.54, 1.807) is 12.1 Å². The Bertz CT molecular complexity index is 797. The van der Waals surface area contributed by atoms with Crippen molar-refractivity contribution in [2.75, 3.05) is 18.1 Å². The van der Waals surface area contributed by atoms with Crippen LogP contribution in [0.25, 0.3) is 0 Å². The van der Waals surface area contributed by atoms with Crippen LogP contribution in [0.5, 0.6) is 17.2 Å². The molecule has 4 nitrogen and oxygen atoms in total. The van der Waals surface area contributed by atoms with Crippen molar-refractivity contribution in [1.29, 1.82) is 0 Å². The number of benzene rings is 3. The summed E-state index contributed by atoms with van der Waals surface area (Å²) >= 11 is 0. The van der Waals surface area contributed by atoms with Crippen LogP contribution in [-0.4, -0.2) is 18.3 Å². The largest absolute Gasteiger partial charge is 0.508 e. The van der Waals surface area contributed by atoms with Gasteiger partial charge in [0.05, 0.1) is 24.6 Å². The Morgan fingerprint density at radius 1 is 0.692 bits per heavy atom. The molecule has 0 aromatic heterocycles. The van der Waals surface area contributed by atoms with Gasteiger partial charge in [-0.3, -0.25) is 0 Å². The lowest BCUT2D eigenvalue weighted by molar-refractivity contribution is 0.339. The normalized spacial score (nSPS) is 10.4. The maximum atomic E-state index is 9.69. The molecule has 3 aromatic rings. The first-order valence-corrected chi connectivity index (χ1v) is 8.77. The fraction of sp³-hybridized carbons (Fsp3) is 0.182. The number of para-hydroxylation sites is 4. The molecule has 0 radical (unpaired) electrons. The molecule has 0 aliphatic rings. The number of hydrogen-bond acceptors (Lipinski definition) is 4. The van der Waals surface area contributed by atoms with Gasteiger partial charge in [0.1, 0.15) is 17.2 Å². The molecule has 0 spiro atoms. The zero-order valence-corrected chi connectivity index (χ0v) is 15.1. The zero-order valence-electron chi connectivity index (χ0n) is 15.1. The van der Waals surface area contributed by atoms with E-state index in [9.17, 15) is 5.11 Å². The van der Waals surface area contributed by atoms with E-state index in [-0.39, 0.29) is 5.75 Å². The van der Waals surface area contributed by atoms with E-state index in [0.29, 0.717) is 13.2 Å². The predicted octanol–water partition coefficient (Wildman–Crippen LogP) is 5.66. The highest BCUT2D eigenvalue weighted by Crippen LogP contribution is 2.44. The predicted molar refractivity (Wildman–Crippen MR) is 105 cm³/mol. The van der Waals surface area contributed by atoms with E-state index in [1.165, 1.54) is 0 Å².